The van der Waals surface area contributed by atoms with Crippen LogP contribution in [0.5, 0.6) is 0 Å². The number of nitrogens with two attached hydrogens (primary N) is 1. The summed E-state index contributed by atoms with van der Waals surface area (Å²) < 4.78 is 0. The van der Waals surface area contributed by atoms with Crippen molar-refractivity contribution < 1.29 is 0 Å². The molecule has 0 aromatic heterocycles. The molecule has 0 heterocycles. The predicted molar refractivity (Wildman–Crippen MR) is 40.2 cm³/mol. The third-order valence-electron chi connectivity index (χ3n) is 0.942. The van der Waals surface area contributed by atoms with Crippen molar-refractivity contribution in [2.45, 2.75) is 13.3 Å². The van der Waals surface area contributed by atoms with Gasteiger partial charge in [0, 0.05) is 6.54 Å². The van der Waals surface area contributed by atoms with Gasteiger partial charge in [0.05, 0.1) is 10.6 Å². The van der Waals surface area contributed by atoms with E-state index in [1.807, 2.05) is 6.92 Å². The van der Waals surface area contributed by atoms with Crippen molar-refractivity contribution in [2.75, 3.05) is 6.54 Å². The van der Waals surface area contributed by atoms with Crippen LogP contribution in [-0.4, -0.2) is 17.5 Å². The minimum Gasteiger partial charge on any atom is -0.367 e. The minimum absolute atomic E-state index is 0.281. The number of hydrogen-bond donors (Lipinski definition) is 1. The van der Waals surface area contributed by atoms with E-state index >= 15 is 0 Å². The van der Waals surface area contributed by atoms with Crippen LogP contribution < -0.4 is 5.73 Å². The first-order valence-corrected chi connectivity index (χ1v) is 3.02. The van der Waals surface area contributed by atoms with E-state index in [0.717, 1.165) is 5.01 Å². The summed E-state index contributed by atoms with van der Waals surface area (Å²) in [5, 5.41) is 8.46. The zero-order valence-corrected chi connectivity index (χ0v) is 6.10. The third kappa shape index (κ3) is 3.23. The SMILES string of the molecule is CCCN(N=O)/C(N)=N/N=O. The van der Waals surface area contributed by atoms with Crippen LogP contribution in [0.4, 0.5) is 0 Å². The van der Waals surface area contributed by atoms with E-state index in [9.17, 15) is 9.81 Å². The van der Waals surface area contributed by atoms with Crippen LogP contribution in [0.1, 0.15) is 13.3 Å². The molecule has 0 saturated heterocycles. The van der Waals surface area contributed by atoms with Crippen molar-refractivity contribution in [1.29, 1.82) is 0 Å². The largest absolute Gasteiger partial charge is 0.367 e. The molecule has 2 N–H and O–H groups in total. The van der Waals surface area contributed by atoms with Crippen LogP contribution in [0.3, 0.4) is 0 Å². The summed E-state index contributed by atoms with van der Waals surface area (Å²) >= 11 is 0. The molecule has 0 bridgehead atoms. The topological polar surface area (TPSA) is 100 Å². The molecule has 0 atom stereocenters. The Bertz CT molecular complexity index is 168. The minimum atomic E-state index is -0.281. The quantitative estimate of drug-likeness (QED) is 0.277. The lowest BCUT2D eigenvalue weighted by atomic mass is 10.5. The monoisotopic (exact) mass is 159 g/mol. The molecule has 0 spiro atoms. The maximum Gasteiger partial charge on any atom is 0.243 e. The van der Waals surface area contributed by atoms with E-state index in [1.165, 1.54) is 0 Å². The molecule has 0 aliphatic carbocycles. The van der Waals surface area contributed by atoms with Gasteiger partial charge in [0.15, 0.2) is 0 Å². The van der Waals surface area contributed by atoms with Gasteiger partial charge < -0.3 is 5.73 Å². The van der Waals surface area contributed by atoms with Gasteiger partial charge in [-0.1, -0.05) is 12.0 Å². The van der Waals surface area contributed by atoms with Gasteiger partial charge in [0.1, 0.15) is 0 Å². The molecule has 0 aromatic rings. The van der Waals surface area contributed by atoms with Crippen molar-refractivity contribution in [3.05, 3.63) is 9.81 Å². The van der Waals surface area contributed by atoms with Crippen molar-refractivity contribution in [3.63, 3.8) is 0 Å². The Hall–Kier alpha value is -1.53. The maximum atomic E-state index is 9.98. The average Bonchev–Trinajstić information content (AvgIpc) is 2.00. The van der Waals surface area contributed by atoms with Crippen molar-refractivity contribution in [1.82, 2.24) is 5.01 Å². The zero-order chi connectivity index (χ0) is 8.69. The van der Waals surface area contributed by atoms with Gasteiger partial charge in [0.2, 0.25) is 5.96 Å². The highest BCUT2D eigenvalue weighted by atomic mass is 16.3. The molecule has 0 fully saturated rings. The number of rotatable bonds is 4. The molecule has 11 heavy (non-hydrogen) atoms. The summed E-state index contributed by atoms with van der Waals surface area (Å²) in [5.74, 6) is -0.281. The highest BCUT2D eigenvalue weighted by molar-refractivity contribution is 5.77. The fraction of sp³-hybridized carbons (Fsp3) is 0.750. The van der Waals surface area contributed by atoms with Crippen molar-refractivity contribution in [3.8, 4) is 0 Å². The van der Waals surface area contributed by atoms with Gasteiger partial charge in [-0.25, -0.2) is 0 Å². The number of hydrogen-bond acceptors (Lipinski definition) is 4. The number of guanidine groups is 1. The lowest BCUT2D eigenvalue weighted by Crippen LogP contribution is -2.32. The van der Waals surface area contributed by atoms with E-state index in [0.29, 0.717) is 13.0 Å². The number of nitroso groups, excluding NO2 is 2. The molecule has 7 nitrogen and oxygen atoms in total. The van der Waals surface area contributed by atoms with Crippen LogP contribution >= 0.6 is 0 Å². The first-order chi connectivity index (χ1) is 5.26. The van der Waals surface area contributed by atoms with Gasteiger partial charge in [-0.2, -0.15) is 5.01 Å². The molecule has 0 unspecified atom stereocenters. The normalized spacial score (nSPS) is 10.8. The van der Waals surface area contributed by atoms with E-state index < -0.39 is 0 Å². The second-order valence-corrected chi connectivity index (χ2v) is 1.74. The van der Waals surface area contributed by atoms with Crippen LogP contribution in [0.2, 0.25) is 0 Å². The molecular weight excluding hydrogens is 150 g/mol. The zero-order valence-electron chi connectivity index (χ0n) is 6.10. The Kier molecular flexibility index (Phi) is 4.54. The van der Waals surface area contributed by atoms with E-state index in [2.05, 4.69) is 15.7 Å². The van der Waals surface area contributed by atoms with Crippen LogP contribution in [0.25, 0.3) is 0 Å². The first-order valence-electron chi connectivity index (χ1n) is 3.02. The summed E-state index contributed by atoms with van der Waals surface area (Å²) in [6, 6.07) is 0. The predicted octanol–water partition coefficient (Wildman–Crippen LogP) is 0.376. The fourth-order valence-corrected chi connectivity index (χ4v) is 0.502. The van der Waals surface area contributed by atoms with Crippen LogP contribution in [0, 0.1) is 9.81 Å². The summed E-state index contributed by atoms with van der Waals surface area (Å²) in [6.45, 7) is 2.16. The van der Waals surface area contributed by atoms with E-state index in [-0.39, 0.29) is 5.96 Å². The summed E-state index contributed by atoms with van der Waals surface area (Å²) in [5.41, 5.74) is 5.11. The molecular formula is C4H9N5O2. The first kappa shape index (κ1) is 9.47. The fourth-order valence-electron chi connectivity index (χ4n) is 0.502. The second kappa shape index (κ2) is 5.27. The van der Waals surface area contributed by atoms with Crippen LogP contribution in [-0.2, 0) is 0 Å². The maximum absolute atomic E-state index is 9.98. The van der Waals surface area contributed by atoms with Gasteiger partial charge >= 0.3 is 0 Å². The number of nitrogens with zero attached hydrogens (tertiary/aromatic N) is 4. The van der Waals surface area contributed by atoms with Gasteiger partial charge in [-0.15, -0.1) is 9.81 Å². The summed E-state index contributed by atoms with van der Waals surface area (Å²) in [7, 11) is 0. The Labute approximate surface area is 63.2 Å². The molecule has 0 amide bonds. The van der Waals surface area contributed by atoms with E-state index in [1.54, 1.807) is 0 Å². The highest BCUT2D eigenvalue weighted by Gasteiger charge is 2.05. The summed E-state index contributed by atoms with van der Waals surface area (Å²) in [6.07, 6.45) is 0.681. The molecule has 0 aromatic carbocycles. The molecule has 0 aliphatic heterocycles. The van der Waals surface area contributed by atoms with Crippen LogP contribution in [0.15, 0.2) is 15.7 Å². The van der Waals surface area contributed by atoms with Gasteiger partial charge in [0.25, 0.3) is 0 Å². The molecule has 0 aliphatic rings. The second-order valence-electron chi connectivity index (χ2n) is 1.74. The average molecular weight is 159 g/mol. The standard InChI is InChI=1S/C4H9N5O2/c1-2-3-9(8-11)4(5)6-7-10/h2-3H2,1H3,(H2,5,6,10). The lowest BCUT2D eigenvalue weighted by molar-refractivity contribution is 0.431. The lowest BCUT2D eigenvalue weighted by Gasteiger charge is -2.09. The molecule has 7 heteroatoms. The summed E-state index contributed by atoms with van der Waals surface area (Å²) in [4.78, 5) is 19.5. The molecule has 0 saturated carbocycles. The smallest absolute Gasteiger partial charge is 0.243 e. The molecule has 0 radical (unpaired) electrons. The van der Waals surface area contributed by atoms with Gasteiger partial charge in [-0.3, -0.25) is 0 Å². The Balaban J connectivity index is 4.11. The molecule has 0 rings (SSSR count). The third-order valence-corrected chi connectivity index (χ3v) is 0.942. The highest BCUT2D eigenvalue weighted by Crippen LogP contribution is 1.91. The Morgan fingerprint density at radius 3 is 2.55 bits per heavy atom. The van der Waals surface area contributed by atoms with Crippen molar-refractivity contribution >= 4 is 5.96 Å². The van der Waals surface area contributed by atoms with E-state index in [4.69, 9.17) is 5.73 Å². The van der Waals surface area contributed by atoms with Gasteiger partial charge in [-0.05, 0) is 6.42 Å². The molecule has 62 valence electrons. The van der Waals surface area contributed by atoms with Crippen molar-refractivity contribution in [2.24, 2.45) is 21.4 Å². The Morgan fingerprint density at radius 2 is 2.18 bits per heavy atom. The Morgan fingerprint density at radius 1 is 1.55 bits per heavy atom.